The molecule has 0 spiro atoms. The zero-order valence-corrected chi connectivity index (χ0v) is 11.4. The number of benzene rings is 1. The van der Waals surface area contributed by atoms with Crippen LogP contribution in [0.15, 0.2) is 30.3 Å². The predicted molar refractivity (Wildman–Crippen MR) is 74.0 cm³/mol. The molecule has 0 saturated heterocycles. The van der Waals surface area contributed by atoms with Gasteiger partial charge >= 0.3 is 0 Å². The van der Waals surface area contributed by atoms with Gasteiger partial charge in [-0.2, -0.15) is 0 Å². The van der Waals surface area contributed by atoms with Gasteiger partial charge in [0.1, 0.15) is 0 Å². The van der Waals surface area contributed by atoms with Crippen LogP contribution in [0.5, 0.6) is 0 Å². The van der Waals surface area contributed by atoms with E-state index in [2.05, 4.69) is 56.4 Å². The van der Waals surface area contributed by atoms with Crippen LogP contribution in [0.2, 0.25) is 0 Å². The highest BCUT2D eigenvalue weighted by Crippen LogP contribution is 2.32. The summed E-state index contributed by atoms with van der Waals surface area (Å²) in [6.45, 7) is 8.15. The Hall–Kier alpha value is -0.820. The predicted octanol–water partition coefficient (Wildman–Crippen LogP) is 4.16. The molecule has 1 atom stereocenters. The minimum absolute atomic E-state index is 0.372. The molecule has 2 rings (SSSR count). The standard InChI is InChI=1S/C16H25N/c1-16(2,3)11-15(17-12-13-9-10-13)14-7-5-4-6-8-14/h4-8,13,15,17H,9-12H2,1-3H3. The molecule has 1 aromatic rings. The van der Waals surface area contributed by atoms with E-state index in [0.717, 1.165) is 5.92 Å². The van der Waals surface area contributed by atoms with Crippen LogP contribution in [-0.4, -0.2) is 6.54 Å². The summed E-state index contributed by atoms with van der Waals surface area (Å²) in [7, 11) is 0. The first-order chi connectivity index (χ1) is 8.04. The molecule has 0 heterocycles. The third-order valence-corrected chi connectivity index (χ3v) is 3.37. The van der Waals surface area contributed by atoms with Crippen molar-refractivity contribution in [3.8, 4) is 0 Å². The lowest BCUT2D eigenvalue weighted by atomic mass is 9.85. The molecule has 1 unspecified atom stereocenters. The van der Waals surface area contributed by atoms with Crippen LogP contribution in [0.1, 0.15) is 51.6 Å². The van der Waals surface area contributed by atoms with E-state index in [9.17, 15) is 0 Å². The van der Waals surface area contributed by atoms with Gasteiger partial charge in [0.25, 0.3) is 0 Å². The van der Waals surface area contributed by atoms with Gasteiger partial charge in [0.05, 0.1) is 0 Å². The molecule has 0 bridgehead atoms. The molecule has 1 fully saturated rings. The van der Waals surface area contributed by atoms with E-state index in [0.29, 0.717) is 11.5 Å². The van der Waals surface area contributed by atoms with Gasteiger partial charge in [-0.25, -0.2) is 0 Å². The van der Waals surface area contributed by atoms with Crippen molar-refractivity contribution in [3.05, 3.63) is 35.9 Å². The first-order valence-electron chi connectivity index (χ1n) is 6.83. The van der Waals surface area contributed by atoms with Gasteiger partial charge in [-0.3, -0.25) is 0 Å². The highest BCUT2D eigenvalue weighted by Gasteiger charge is 2.24. The molecule has 1 N–H and O–H groups in total. The lowest BCUT2D eigenvalue weighted by molar-refractivity contribution is 0.309. The Morgan fingerprint density at radius 2 is 1.82 bits per heavy atom. The Morgan fingerprint density at radius 3 is 2.35 bits per heavy atom. The van der Waals surface area contributed by atoms with Crippen molar-refractivity contribution in [2.75, 3.05) is 6.54 Å². The Morgan fingerprint density at radius 1 is 1.18 bits per heavy atom. The van der Waals surface area contributed by atoms with Gasteiger partial charge in [0, 0.05) is 6.04 Å². The second-order valence-corrected chi connectivity index (χ2v) is 6.58. The van der Waals surface area contributed by atoms with Crippen LogP contribution in [0, 0.1) is 11.3 Å². The number of hydrogen-bond acceptors (Lipinski definition) is 1. The maximum Gasteiger partial charge on any atom is 0.0325 e. The minimum Gasteiger partial charge on any atom is -0.310 e. The van der Waals surface area contributed by atoms with Gasteiger partial charge in [0.15, 0.2) is 0 Å². The molecule has 1 aromatic carbocycles. The van der Waals surface area contributed by atoms with Crippen molar-refractivity contribution in [1.82, 2.24) is 5.32 Å². The summed E-state index contributed by atoms with van der Waals surface area (Å²) < 4.78 is 0. The Bertz CT molecular complexity index is 332. The SMILES string of the molecule is CC(C)(C)CC(NCC1CC1)c1ccccc1. The fraction of sp³-hybridized carbons (Fsp3) is 0.625. The fourth-order valence-electron chi connectivity index (χ4n) is 2.24. The topological polar surface area (TPSA) is 12.0 Å². The monoisotopic (exact) mass is 231 g/mol. The third-order valence-electron chi connectivity index (χ3n) is 3.37. The Labute approximate surface area is 106 Å². The molecule has 94 valence electrons. The van der Waals surface area contributed by atoms with E-state index in [1.807, 2.05) is 0 Å². The molecular formula is C16H25N. The van der Waals surface area contributed by atoms with E-state index in [-0.39, 0.29) is 0 Å². The molecule has 0 aromatic heterocycles. The van der Waals surface area contributed by atoms with Gasteiger partial charge in [-0.05, 0) is 42.7 Å². The van der Waals surface area contributed by atoms with Crippen molar-refractivity contribution < 1.29 is 0 Å². The van der Waals surface area contributed by atoms with Crippen molar-refractivity contribution in [2.45, 2.75) is 46.1 Å². The lowest BCUT2D eigenvalue weighted by Gasteiger charge is -2.27. The summed E-state index contributed by atoms with van der Waals surface area (Å²) in [5, 5.41) is 3.75. The number of rotatable bonds is 5. The Kier molecular flexibility index (Phi) is 3.88. The first kappa shape index (κ1) is 12.6. The quantitative estimate of drug-likeness (QED) is 0.802. The molecule has 1 aliphatic carbocycles. The van der Waals surface area contributed by atoms with Gasteiger partial charge < -0.3 is 5.32 Å². The van der Waals surface area contributed by atoms with Crippen molar-refractivity contribution in [1.29, 1.82) is 0 Å². The maximum absolute atomic E-state index is 3.75. The molecule has 0 aliphatic heterocycles. The Balaban J connectivity index is 2.00. The molecular weight excluding hydrogens is 206 g/mol. The number of nitrogens with one attached hydrogen (secondary N) is 1. The molecule has 17 heavy (non-hydrogen) atoms. The summed E-state index contributed by atoms with van der Waals surface area (Å²) in [5.41, 5.74) is 1.81. The largest absolute Gasteiger partial charge is 0.310 e. The first-order valence-corrected chi connectivity index (χ1v) is 6.83. The fourth-order valence-corrected chi connectivity index (χ4v) is 2.24. The summed E-state index contributed by atoms with van der Waals surface area (Å²) in [5.74, 6) is 0.946. The molecule has 1 nitrogen and oxygen atoms in total. The van der Waals surface area contributed by atoms with Crippen LogP contribution in [0.3, 0.4) is 0 Å². The minimum atomic E-state index is 0.372. The van der Waals surface area contributed by atoms with E-state index in [1.54, 1.807) is 0 Å². The molecule has 1 heteroatoms. The third kappa shape index (κ3) is 4.51. The van der Waals surface area contributed by atoms with Crippen molar-refractivity contribution in [2.24, 2.45) is 11.3 Å². The van der Waals surface area contributed by atoms with Crippen LogP contribution in [0.25, 0.3) is 0 Å². The van der Waals surface area contributed by atoms with E-state index in [4.69, 9.17) is 0 Å². The zero-order valence-electron chi connectivity index (χ0n) is 11.4. The van der Waals surface area contributed by atoms with Gasteiger partial charge in [-0.1, -0.05) is 51.1 Å². The van der Waals surface area contributed by atoms with Crippen LogP contribution in [0.4, 0.5) is 0 Å². The molecule has 0 radical (unpaired) electrons. The molecule has 0 amide bonds. The maximum atomic E-state index is 3.75. The van der Waals surface area contributed by atoms with Crippen molar-refractivity contribution >= 4 is 0 Å². The van der Waals surface area contributed by atoms with Gasteiger partial charge in [-0.15, -0.1) is 0 Å². The van der Waals surface area contributed by atoms with Crippen LogP contribution >= 0.6 is 0 Å². The summed E-state index contributed by atoms with van der Waals surface area (Å²) in [4.78, 5) is 0. The van der Waals surface area contributed by atoms with E-state index < -0.39 is 0 Å². The second-order valence-electron chi connectivity index (χ2n) is 6.58. The zero-order chi connectivity index (χ0) is 12.3. The summed E-state index contributed by atoms with van der Waals surface area (Å²) in [6.07, 6.45) is 4.04. The van der Waals surface area contributed by atoms with E-state index in [1.165, 1.54) is 31.4 Å². The van der Waals surface area contributed by atoms with Crippen molar-refractivity contribution in [3.63, 3.8) is 0 Å². The highest BCUT2D eigenvalue weighted by atomic mass is 14.9. The van der Waals surface area contributed by atoms with Crippen LogP contribution < -0.4 is 5.32 Å². The number of hydrogen-bond donors (Lipinski definition) is 1. The second kappa shape index (κ2) is 5.22. The average Bonchev–Trinajstić information content (AvgIpc) is 3.08. The summed E-state index contributed by atoms with van der Waals surface area (Å²) in [6, 6.07) is 11.4. The smallest absolute Gasteiger partial charge is 0.0325 e. The van der Waals surface area contributed by atoms with Gasteiger partial charge in [0.2, 0.25) is 0 Å². The lowest BCUT2D eigenvalue weighted by Crippen LogP contribution is -2.27. The normalized spacial score (nSPS) is 18.1. The molecule has 1 aliphatic rings. The van der Waals surface area contributed by atoms with E-state index >= 15 is 0 Å². The highest BCUT2D eigenvalue weighted by molar-refractivity contribution is 5.19. The molecule has 1 saturated carbocycles. The summed E-state index contributed by atoms with van der Waals surface area (Å²) >= 11 is 0. The van der Waals surface area contributed by atoms with Crippen LogP contribution in [-0.2, 0) is 0 Å². The average molecular weight is 231 g/mol.